The fraction of sp³-hybridized carbons (Fsp3) is 0.364. The predicted molar refractivity (Wildman–Crippen MR) is 104 cm³/mol. The van der Waals surface area contributed by atoms with Crippen LogP contribution in [0.15, 0.2) is 54.6 Å². The lowest BCUT2D eigenvalue weighted by atomic mass is 10.1. The summed E-state index contributed by atoms with van der Waals surface area (Å²) in [5.41, 5.74) is 0.816. The van der Waals surface area contributed by atoms with Gasteiger partial charge in [0.15, 0.2) is 0 Å². The molecule has 0 aromatic heterocycles. The molecule has 0 aliphatic heterocycles. The van der Waals surface area contributed by atoms with Gasteiger partial charge in [0.2, 0.25) is 11.8 Å². The Morgan fingerprint density at radius 3 is 2.22 bits per heavy atom. The number of carbonyl (C=O) groups is 2. The Labute approximate surface area is 160 Å². The van der Waals surface area contributed by atoms with Crippen molar-refractivity contribution >= 4 is 11.8 Å². The van der Waals surface area contributed by atoms with Gasteiger partial charge in [-0.15, -0.1) is 0 Å². The van der Waals surface area contributed by atoms with Gasteiger partial charge >= 0.3 is 0 Å². The number of hydrogen-bond acceptors (Lipinski definition) is 2. The number of benzene rings is 2. The second-order valence-electron chi connectivity index (χ2n) is 7.69. The summed E-state index contributed by atoms with van der Waals surface area (Å²) in [6.45, 7) is 7.35. The third-order valence-electron chi connectivity index (χ3n) is 4.16. The maximum Gasteiger partial charge on any atom is 0.242 e. The Hall–Kier alpha value is -2.69. The van der Waals surface area contributed by atoms with E-state index in [1.807, 2.05) is 51.1 Å². The minimum absolute atomic E-state index is 0.0388. The van der Waals surface area contributed by atoms with Crippen molar-refractivity contribution in [2.45, 2.75) is 52.2 Å². The van der Waals surface area contributed by atoms with E-state index < -0.39 is 17.4 Å². The van der Waals surface area contributed by atoms with Crippen LogP contribution in [0.25, 0.3) is 0 Å². The monoisotopic (exact) mass is 370 g/mol. The number of rotatable bonds is 6. The molecule has 2 aromatic carbocycles. The van der Waals surface area contributed by atoms with E-state index in [-0.39, 0.29) is 24.8 Å². The van der Waals surface area contributed by atoms with Crippen molar-refractivity contribution in [3.05, 3.63) is 71.5 Å². The predicted octanol–water partition coefficient (Wildman–Crippen LogP) is 3.70. The molecular weight excluding hydrogens is 343 g/mol. The Morgan fingerprint density at radius 1 is 1.04 bits per heavy atom. The molecule has 0 spiro atoms. The third kappa shape index (κ3) is 6.20. The lowest BCUT2D eigenvalue weighted by Crippen LogP contribution is -2.52. The minimum Gasteiger partial charge on any atom is -0.350 e. The van der Waals surface area contributed by atoms with Gasteiger partial charge in [0.1, 0.15) is 11.9 Å². The summed E-state index contributed by atoms with van der Waals surface area (Å²) in [5, 5.41) is 2.89. The van der Waals surface area contributed by atoms with Crippen molar-refractivity contribution in [1.82, 2.24) is 10.2 Å². The van der Waals surface area contributed by atoms with Crippen molar-refractivity contribution in [2.75, 3.05) is 0 Å². The molecule has 0 radical (unpaired) electrons. The number of hydrogen-bond donors (Lipinski definition) is 1. The van der Waals surface area contributed by atoms with E-state index in [1.165, 1.54) is 11.0 Å². The summed E-state index contributed by atoms with van der Waals surface area (Å²) < 4.78 is 14.1. The molecule has 0 saturated carbocycles. The summed E-state index contributed by atoms with van der Waals surface area (Å²) in [7, 11) is 0. The van der Waals surface area contributed by atoms with Crippen molar-refractivity contribution in [3.63, 3.8) is 0 Å². The van der Waals surface area contributed by atoms with Crippen LogP contribution in [0.1, 0.15) is 38.8 Å². The van der Waals surface area contributed by atoms with E-state index in [0.717, 1.165) is 5.56 Å². The number of carbonyl (C=O) groups excluding carboxylic acids is 2. The number of nitrogens with zero attached hydrogens (tertiary/aromatic N) is 1. The molecule has 2 rings (SSSR count). The zero-order valence-corrected chi connectivity index (χ0v) is 16.3. The first-order valence-electron chi connectivity index (χ1n) is 9.06. The van der Waals surface area contributed by atoms with E-state index >= 15 is 0 Å². The molecule has 27 heavy (non-hydrogen) atoms. The van der Waals surface area contributed by atoms with Gasteiger partial charge in [-0.05, 0) is 39.3 Å². The van der Waals surface area contributed by atoms with E-state index in [4.69, 9.17) is 0 Å². The molecule has 5 heteroatoms. The first kappa shape index (κ1) is 20.6. The van der Waals surface area contributed by atoms with Crippen molar-refractivity contribution in [1.29, 1.82) is 0 Å². The maximum atomic E-state index is 14.1. The summed E-state index contributed by atoms with van der Waals surface area (Å²) >= 11 is 0. The highest BCUT2D eigenvalue weighted by Gasteiger charge is 2.28. The molecular formula is C22H27FN2O2. The average molecular weight is 370 g/mol. The second-order valence-corrected chi connectivity index (χ2v) is 7.69. The number of amides is 2. The fourth-order valence-electron chi connectivity index (χ4n) is 2.74. The van der Waals surface area contributed by atoms with Gasteiger partial charge in [-0.2, -0.15) is 0 Å². The molecule has 0 aliphatic carbocycles. The first-order chi connectivity index (χ1) is 12.7. The van der Waals surface area contributed by atoms with Crippen molar-refractivity contribution in [3.8, 4) is 0 Å². The fourth-order valence-corrected chi connectivity index (χ4v) is 2.74. The molecule has 4 nitrogen and oxygen atoms in total. The highest BCUT2D eigenvalue weighted by atomic mass is 19.1. The lowest BCUT2D eigenvalue weighted by molar-refractivity contribution is -0.140. The Morgan fingerprint density at radius 2 is 1.63 bits per heavy atom. The Kier molecular flexibility index (Phi) is 6.72. The zero-order chi connectivity index (χ0) is 20.0. The van der Waals surface area contributed by atoms with Gasteiger partial charge < -0.3 is 10.2 Å². The molecule has 0 unspecified atom stereocenters. The van der Waals surface area contributed by atoms with Crippen LogP contribution in [-0.4, -0.2) is 28.3 Å². The molecule has 0 aliphatic rings. The SMILES string of the molecule is C[C@@H](C(=O)NC(C)(C)C)N(Cc1ccccc1F)C(=O)Cc1ccccc1. The van der Waals surface area contributed by atoms with E-state index in [1.54, 1.807) is 25.1 Å². The third-order valence-corrected chi connectivity index (χ3v) is 4.16. The first-order valence-corrected chi connectivity index (χ1v) is 9.06. The molecule has 2 aromatic rings. The molecule has 0 saturated heterocycles. The smallest absolute Gasteiger partial charge is 0.242 e. The van der Waals surface area contributed by atoms with Crippen LogP contribution in [0.4, 0.5) is 4.39 Å². The maximum absolute atomic E-state index is 14.1. The van der Waals surface area contributed by atoms with E-state index in [2.05, 4.69) is 5.32 Å². The van der Waals surface area contributed by atoms with Gasteiger partial charge in [-0.1, -0.05) is 48.5 Å². The van der Waals surface area contributed by atoms with Gasteiger partial charge in [-0.3, -0.25) is 9.59 Å². The topological polar surface area (TPSA) is 49.4 Å². The molecule has 1 atom stereocenters. The number of nitrogens with one attached hydrogen (secondary N) is 1. The van der Waals surface area contributed by atoms with Crippen LogP contribution in [0.5, 0.6) is 0 Å². The van der Waals surface area contributed by atoms with Crippen LogP contribution in [0.3, 0.4) is 0 Å². The van der Waals surface area contributed by atoms with Crippen molar-refractivity contribution < 1.29 is 14.0 Å². The molecule has 0 heterocycles. The number of halogens is 1. The van der Waals surface area contributed by atoms with Crippen LogP contribution in [0, 0.1) is 5.82 Å². The summed E-state index contributed by atoms with van der Waals surface area (Å²) in [6.07, 6.45) is 0.155. The van der Waals surface area contributed by atoms with Crippen molar-refractivity contribution in [2.24, 2.45) is 0 Å². The molecule has 144 valence electrons. The average Bonchev–Trinajstić information content (AvgIpc) is 2.59. The zero-order valence-electron chi connectivity index (χ0n) is 16.3. The van der Waals surface area contributed by atoms with Gasteiger partial charge in [0.25, 0.3) is 0 Å². The highest BCUT2D eigenvalue weighted by molar-refractivity contribution is 5.88. The second kappa shape index (κ2) is 8.80. The Bertz CT molecular complexity index is 784. The quantitative estimate of drug-likeness (QED) is 0.843. The summed E-state index contributed by atoms with van der Waals surface area (Å²) in [6, 6.07) is 14.9. The van der Waals surface area contributed by atoms with Gasteiger partial charge in [0, 0.05) is 17.6 Å². The standard InChI is InChI=1S/C22H27FN2O2/c1-16(21(27)24-22(2,3)4)25(15-18-12-8-9-13-19(18)23)20(26)14-17-10-6-5-7-11-17/h5-13,16H,14-15H2,1-4H3,(H,24,27)/t16-/m0/s1. The highest BCUT2D eigenvalue weighted by Crippen LogP contribution is 2.15. The van der Waals surface area contributed by atoms with Gasteiger partial charge in [0.05, 0.1) is 6.42 Å². The normalized spacial score (nSPS) is 12.3. The largest absolute Gasteiger partial charge is 0.350 e. The van der Waals surface area contributed by atoms with Crippen LogP contribution >= 0.6 is 0 Å². The minimum atomic E-state index is -0.722. The Balaban J connectivity index is 2.25. The molecule has 0 fully saturated rings. The van der Waals surface area contributed by atoms with Crippen LogP contribution in [-0.2, 0) is 22.6 Å². The van der Waals surface area contributed by atoms with E-state index in [9.17, 15) is 14.0 Å². The summed E-state index contributed by atoms with van der Waals surface area (Å²) in [4.78, 5) is 27.0. The van der Waals surface area contributed by atoms with Gasteiger partial charge in [-0.25, -0.2) is 4.39 Å². The van der Waals surface area contributed by atoms with E-state index in [0.29, 0.717) is 5.56 Å². The molecule has 0 bridgehead atoms. The van der Waals surface area contributed by atoms with Crippen LogP contribution in [0.2, 0.25) is 0 Å². The van der Waals surface area contributed by atoms with Crippen LogP contribution < -0.4 is 5.32 Å². The summed E-state index contributed by atoms with van der Waals surface area (Å²) in [5.74, 6) is -0.875. The molecule has 1 N–H and O–H groups in total. The molecule has 2 amide bonds. The lowest BCUT2D eigenvalue weighted by Gasteiger charge is -2.31.